The lowest BCUT2D eigenvalue weighted by molar-refractivity contribution is -0.139. The monoisotopic (exact) mass is 486 g/mol. The van der Waals surface area contributed by atoms with Gasteiger partial charge in [-0.25, -0.2) is 9.59 Å². The molecular formula is C26H25F3N2O4. The molecule has 5 rings (SSSR count). The molecule has 1 aromatic heterocycles. The molecular weight excluding hydrogens is 461 g/mol. The van der Waals surface area contributed by atoms with E-state index in [0.717, 1.165) is 23.0 Å². The molecule has 2 aliphatic heterocycles. The fourth-order valence-electron chi connectivity index (χ4n) is 5.26. The quantitative estimate of drug-likeness (QED) is 0.435. The summed E-state index contributed by atoms with van der Waals surface area (Å²) in [5.41, 5.74) is 1.34. The zero-order valence-electron chi connectivity index (χ0n) is 18.9. The van der Waals surface area contributed by atoms with Gasteiger partial charge in [-0.15, -0.1) is 0 Å². The molecule has 2 aromatic carbocycles. The molecule has 6 nitrogen and oxygen atoms in total. The summed E-state index contributed by atoms with van der Waals surface area (Å²) >= 11 is 0. The normalized spacial score (nSPS) is 21.8. The van der Waals surface area contributed by atoms with E-state index in [1.807, 2.05) is 30.3 Å². The summed E-state index contributed by atoms with van der Waals surface area (Å²) in [4.78, 5) is 27.5. The number of esters is 1. The van der Waals surface area contributed by atoms with Crippen molar-refractivity contribution in [2.75, 3.05) is 0 Å². The third kappa shape index (κ3) is 4.99. The fraction of sp³-hybridized carbons (Fsp3) is 0.385. The first-order valence-corrected chi connectivity index (χ1v) is 11.6. The Kier molecular flexibility index (Phi) is 6.17. The van der Waals surface area contributed by atoms with Gasteiger partial charge >= 0.3 is 18.2 Å². The largest absolute Gasteiger partial charge is 0.459 e. The number of carbonyl (C=O) groups excluding carboxylic acids is 2. The van der Waals surface area contributed by atoms with Gasteiger partial charge in [-0.2, -0.15) is 13.2 Å². The minimum absolute atomic E-state index is 0.0959. The Labute approximate surface area is 200 Å². The summed E-state index contributed by atoms with van der Waals surface area (Å²) in [6.45, 7) is -0.996. The highest BCUT2D eigenvalue weighted by Crippen LogP contribution is 2.38. The molecule has 184 valence electrons. The van der Waals surface area contributed by atoms with E-state index in [9.17, 15) is 22.8 Å². The van der Waals surface area contributed by atoms with E-state index in [-0.39, 0.29) is 30.3 Å². The SMILES string of the molecule is O=C(O[C@H]1C[C@H]2CC[C@@H](C1)N2C(=O)OCc1ccccc1)c1cn(CC(F)(F)F)c2ccccc12. The highest BCUT2D eigenvalue weighted by molar-refractivity contribution is 6.04. The second-order valence-corrected chi connectivity index (χ2v) is 9.13. The maximum Gasteiger partial charge on any atom is 0.410 e. The van der Waals surface area contributed by atoms with Gasteiger partial charge in [0.25, 0.3) is 0 Å². The van der Waals surface area contributed by atoms with Gasteiger partial charge in [-0.05, 0) is 24.5 Å². The number of fused-ring (bicyclic) bond motifs is 3. The number of carbonyl (C=O) groups is 2. The van der Waals surface area contributed by atoms with Crippen LogP contribution in [0.3, 0.4) is 0 Å². The van der Waals surface area contributed by atoms with Crippen LogP contribution >= 0.6 is 0 Å². The topological polar surface area (TPSA) is 60.8 Å². The molecule has 3 aromatic rings. The molecule has 3 heterocycles. The van der Waals surface area contributed by atoms with Crippen LogP contribution in [-0.2, 0) is 22.6 Å². The minimum atomic E-state index is -4.41. The van der Waals surface area contributed by atoms with Crippen LogP contribution in [0, 0.1) is 0 Å². The van der Waals surface area contributed by atoms with Gasteiger partial charge in [-0.1, -0.05) is 48.5 Å². The van der Waals surface area contributed by atoms with Gasteiger partial charge in [0.2, 0.25) is 0 Å². The van der Waals surface area contributed by atoms with E-state index in [1.54, 1.807) is 29.2 Å². The van der Waals surface area contributed by atoms with Crippen LogP contribution in [0.4, 0.5) is 18.0 Å². The molecule has 35 heavy (non-hydrogen) atoms. The molecule has 0 radical (unpaired) electrons. The van der Waals surface area contributed by atoms with Gasteiger partial charge in [0, 0.05) is 42.0 Å². The molecule has 0 unspecified atom stereocenters. The second-order valence-electron chi connectivity index (χ2n) is 9.13. The van der Waals surface area contributed by atoms with Crippen molar-refractivity contribution >= 4 is 23.0 Å². The number of nitrogens with zero attached hydrogens (tertiary/aromatic N) is 2. The lowest BCUT2D eigenvalue weighted by Crippen LogP contribution is -2.49. The highest BCUT2D eigenvalue weighted by Gasteiger charge is 2.45. The van der Waals surface area contributed by atoms with E-state index in [4.69, 9.17) is 9.47 Å². The highest BCUT2D eigenvalue weighted by atomic mass is 19.4. The summed E-state index contributed by atoms with van der Waals surface area (Å²) in [7, 11) is 0. The number of para-hydroxylation sites is 1. The Bertz CT molecular complexity index is 1210. The van der Waals surface area contributed by atoms with Crippen molar-refractivity contribution in [3.8, 4) is 0 Å². The van der Waals surface area contributed by atoms with Gasteiger partial charge in [0.15, 0.2) is 0 Å². The fourth-order valence-corrected chi connectivity index (χ4v) is 5.26. The first-order chi connectivity index (χ1) is 16.8. The summed E-state index contributed by atoms with van der Waals surface area (Å²) in [5.74, 6) is -0.647. The number of aromatic nitrogens is 1. The zero-order chi connectivity index (χ0) is 24.6. The Morgan fingerprint density at radius 2 is 1.60 bits per heavy atom. The van der Waals surface area contributed by atoms with Gasteiger partial charge < -0.3 is 18.9 Å². The van der Waals surface area contributed by atoms with Crippen LogP contribution in [0.1, 0.15) is 41.6 Å². The van der Waals surface area contributed by atoms with Crippen molar-refractivity contribution in [2.45, 2.75) is 63.2 Å². The van der Waals surface area contributed by atoms with Crippen molar-refractivity contribution in [3.05, 3.63) is 71.9 Å². The third-order valence-electron chi connectivity index (χ3n) is 6.74. The minimum Gasteiger partial charge on any atom is -0.459 e. The predicted molar refractivity (Wildman–Crippen MR) is 122 cm³/mol. The number of hydrogen-bond donors (Lipinski definition) is 0. The van der Waals surface area contributed by atoms with Gasteiger partial charge in [-0.3, -0.25) is 0 Å². The van der Waals surface area contributed by atoms with E-state index in [1.165, 1.54) is 6.20 Å². The number of piperidine rings is 1. The zero-order valence-corrected chi connectivity index (χ0v) is 18.9. The van der Waals surface area contributed by atoms with Gasteiger partial charge in [0.05, 0.1) is 5.56 Å². The summed E-state index contributed by atoms with van der Waals surface area (Å²) < 4.78 is 51.4. The Morgan fingerprint density at radius 1 is 0.943 bits per heavy atom. The molecule has 0 N–H and O–H groups in total. The van der Waals surface area contributed by atoms with Crippen LogP contribution in [0.15, 0.2) is 60.8 Å². The Balaban J connectivity index is 1.24. The van der Waals surface area contributed by atoms with Crippen molar-refractivity contribution < 1.29 is 32.2 Å². The Morgan fingerprint density at radius 3 is 2.29 bits per heavy atom. The molecule has 3 atom stereocenters. The number of hydrogen-bond acceptors (Lipinski definition) is 4. The lowest BCUT2D eigenvalue weighted by atomic mass is 10.00. The average Bonchev–Trinajstić information content (AvgIpc) is 3.32. The summed E-state index contributed by atoms with van der Waals surface area (Å²) in [5, 5.41) is 0.423. The number of amides is 1. The molecule has 0 saturated carbocycles. The Hall–Kier alpha value is -3.49. The smallest absolute Gasteiger partial charge is 0.410 e. The molecule has 1 amide bonds. The van der Waals surface area contributed by atoms with Crippen LogP contribution in [-0.4, -0.2) is 45.9 Å². The molecule has 2 fully saturated rings. The van der Waals surface area contributed by atoms with Gasteiger partial charge in [0.1, 0.15) is 19.3 Å². The number of rotatable bonds is 5. The summed E-state index contributed by atoms with van der Waals surface area (Å²) in [6, 6.07) is 15.7. The molecule has 0 spiro atoms. The van der Waals surface area contributed by atoms with Crippen LogP contribution in [0.25, 0.3) is 10.9 Å². The van der Waals surface area contributed by atoms with Crippen molar-refractivity contribution in [1.82, 2.24) is 9.47 Å². The molecule has 2 bridgehead atoms. The number of benzene rings is 2. The average molecular weight is 486 g/mol. The van der Waals surface area contributed by atoms with E-state index in [2.05, 4.69) is 0 Å². The second kappa shape index (κ2) is 9.28. The molecule has 9 heteroatoms. The molecule has 0 aliphatic carbocycles. The molecule has 2 saturated heterocycles. The first kappa shape index (κ1) is 23.3. The predicted octanol–water partition coefficient (Wildman–Crippen LogP) is 5.69. The lowest BCUT2D eigenvalue weighted by Gasteiger charge is -2.37. The van der Waals surface area contributed by atoms with Crippen molar-refractivity contribution in [1.29, 1.82) is 0 Å². The van der Waals surface area contributed by atoms with Crippen molar-refractivity contribution in [3.63, 3.8) is 0 Å². The number of ether oxygens (including phenoxy) is 2. The van der Waals surface area contributed by atoms with Crippen molar-refractivity contribution in [2.24, 2.45) is 0 Å². The van der Waals surface area contributed by atoms with Crippen LogP contribution in [0.5, 0.6) is 0 Å². The first-order valence-electron chi connectivity index (χ1n) is 11.6. The standard InChI is InChI=1S/C26H25F3N2O4/c27-26(28,29)16-30-14-22(21-8-4-5-9-23(21)30)24(32)35-20-12-18-10-11-19(13-20)31(18)25(33)34-15-17-6-2-1-3-7-17/h1-9,14,18-20H,10-13,15-16H2/t18-,19+,20+. The van der Waals surface area contributed by atoms with E-state index in [0.29, 0.717) is 23.7 Å². The van der Waals surface area contributed by atoms with Crippen LogP contribution < -0.4 is 0 Å². The van der Waals surface area contributed by atoms with Crippen LogP contribution in [0.2, 0.25) is 0 Å². The maximum absolute atomic E-state index is 13.0. The summed E-state index contributed by atoms with van der Waals surface area (Å²) in [6.07, 6.45) is -1.44. The maximum atomic E-state index is 13.0. The third-order valence-corrected chi connectivity index (χ3v) is 6.74. The number of alkyl halides is 3. The van der Waals surface area contributed by atoms with E-state index < -0.39 is 24.8 Å². The van der Waals surface area contributed by atoms with E-state index >= 15 is 0 Å². The molecule has 2 aliphatic rings. The number of halogens is 3.